The zero-order chi connectivity index (χ0) is 20.8. The van der Waals surface area contributed by atoms with Crippen LogP contribution in [0.1, 0.15) is 18.2 Å². The van der Waals surface area contributed by atoms with E-state index in [-0.39, 0.29) is 18.3 Å². The van der Waals surface area contributed by atoms with Crippen LogP contribution in [0.25, 0.3) is 10.2 Å². The van der Waals surface area contributed by atoms with E-state index < -0.39 is 0 Å². The SMILES string of the molecule is CCOc1ccc2nc(N(CCCN3CCOCC3)C(=O)Cc3cccs3)sc2c1.Cl. The number of carbonyl (C=O) groups is 1. The Morgan fingerprint density at radius 2 is 2.13 bits per heavy atom. The minimum absolute atomic E-state index is 0. The van der Waals surface area contributed by atoms with Gasteiger partial charge in [-0.05, 0) is 43.0 Å². The Labute approximate surface area is 197 Å². The summed E-state index contributed by atoms with van der Waals surface area (Å²) in [5.74, 6) is 0.937. The Morgan fingerprint density at radius 3 is 2.87 bits per heavy atom. The van der Waals surface area contributed by atoms with Gasteiger partial charge in [0.15, 0.2) is 5.13 Å². The number of aromatic nitrogens is 1. The number of morpholine rings is 1. The van der Waals surface area contributed by atoms with E-state index >= 15 is 0 Å². The fourth-order valence-corrected chi connectivity index (χ4v) is 5.26. The van der Waals surface area contributed by atoms with E-state index in [2.05, 4.69) is 4.90 Å². The number of benzene rings is 1. The molecule has 0 N–H and O–H groups in total. The number of fused-ring (bicyclic) bond motifs is 1. The van der Waals surface area contributed by atoms with Crippen LogP contribution in [0.4, 0.5) is 5.13 Å². The first kappa shape index (κ1) is 23.9. The van der Waals surface area contributed by atoms with Crippen LogP contribution in [0.5, 0.6) is 5.75 Å². The molecule has 0 unspecified atom stereocenters. The van der Waals surface area contributed by atoms with Gasteiger partial charge < -0.3 is 9.47 Å². The molecule has 1 aliphatic rings. The lowest BCUT2D eigenvalue weighted by Crippen LogP contribution is -2.39. The Balaban J connectivity index is 0.00000272. The summed E-state index contributed by atoms with van der Waals surface area (Å²) in [7, 11) is 0. The quantitative estimate of drug-likeness (QED) is 0.451. The molecule has 1 amide bonds. The zero-order valence-corrected chi connectivity index (χ0v) is 20.1. The number of carbonyl (C=O) groups excluding carboxylic acids is 1. The van der Waals surface area contributed by atoms with Crippen molar-refractivity contribution in [1.29, 1.82) is 0 Å². The fraction of sp³-hybridized carbons (Fsp3) is 0.455. The Bertz CT molecular complexity index is 958. The molecule has 0 aliphatic carbocycles. The number of thiophene rings is 1. The first-order valence-corrected chi connectivity index (χ1v) is 12.1. The highest BCUT2D eigenvalue weighted by molar-refractivity contribution is 7.22. The van der Waals surface area contributed by atoms with Gasteiger partial charge in [-0.2, -0.15) is 0 Å². The van der Waals surface area contributed by atoms with Crippen molar-refractivity contribution in [2.45, 2.75) is 19.8 Å². The van der Waals surface area contributed by atoms with Crippen LogP contribution in [0.2, 0.25) is 0 Å². The smallest absolute Gasteiger partial charge is 0.234 e. The number of hydrogen-bond donors (Lipinski definition) is 0. The molecule has 0 bridgehead atoms. The summed E-state index contributed by atoms with van der Waals surface area (Å²) in [5, 5.41) is 2.78. The van der Waals surface area contributed by atoms with Crippen LogP contribution in [0.15, 0.2) is 35.7 Å². The number of ether oxygens (including phenoxy) is 2. The molecule has 1 saturated heterocycles. The molecule has 9 heteroatoms. The minimum atomic E-state index is 0. The molecule has 168 valence electrons. The zero-order valence-electron chi connectivity index (χ0n) is 17.6. The summed E-state index contributed by atoms with van der Waals surface area (Å²) in [6, 6.07) is 9.92. The molecule has 4 rings (SSSR count). The summed E-state index contributed by atoms with van der Waals surface area (Å²) in [6.45, 7) is 7.74. The predicted octanol–water partition coefficient (Wildman–Crippen LogP) is 4.48. The molecule has 0 saturated carbocycles. The number of halogens is 1. The van der Waals surface area contributed by atoms with Gasteiger partial charge in [0.2, 0.25) is 5.91 Å². The first-order valence-electron chi connectivity index (χ1n) is 10.4. The number of rotatable bonds is 9. The van der Waals surface area contributed by atoms with Crippen molar-refractivity contribution in [3.8, 4) is 5.75 Å². The highest BCUT2D eigenvalue weighted by Gasteiger charge is 2.21. The average molecular weight is 482 g/mol. The molecule has 1 fully saturated rings. The maximum absolute atomic E-state index is 13.2. The summed E-state index contributed by atoms with van der Waals surface area (Å²) >= 11 is 3.18. The highest BCUT2D eigenvalue weighted by Crippen LogP contribution is 2.32. The van der Waals surface area contributed by atoms with E-state index in [1.54, 1.807) is 22.7 Å². The lowest BCUT2D eigenvalue weighted by atomic mass is 10.3. The van der Waals surface area contributed by atoms with Gasteiger partial charge in [-0.1, -0.05) is 17.4 Å². The van der Waals surface area contributed by atoms with Gasteiger partial charge in [0.05, 0.1) is 36.5 Å². The van der Waals surface area contributed by atoms with E-state index in [0.717, 1.165) is 65.2 Å². The van der Waals surface area contributed by atoms with E-state index in [1.807, 2.05) is 47.5 Å². The second kappa shape index (κ2) is 11.8. The number of hydrogen-bond acceptors (Lipinski definition) is 7. The molecular weight excluding hydrogens is 454 g/mol. The van der Waals surface area contributed by atoms with E-state index in [9.17, 15) is 4.79 Å². The molecule has 1 aliphatic heterocycles. The molecule has 3 heterocycles. The third-order valence-corrected chi connectivity index (χ3v) is 6.97. The minimum Gasteiger partial charge on any atom is -0.494 e. The molecule has 6 nitrogen and oxygen atoms in total. The maximum Gasteiger partial charge on any atom is 0.234 e. The van der Waals surface area contributed by atoms with Gasteiger partial charge in [0, 0.05) is 31.1 Å². The third kappa shape index (κ3) is 6.40. The van der Waals surface area contributed by atoms with E-state index in [0.29, 0.717) is 19.6 Å². The van der Waals surface area contributed by atoms with E-state index in [1.165, 1.54) is 0 Å². The van der Waals surface area contributed by atoms with Crippen molar-refractivity contribution >= 4 is 56.3 Å². The molecule has 2 aromatic heterocycles. The summed E-state index contributed by atoms with van der Waals surface area (Å²) in [4.78, 5) is 23.3. The summed E-state index contributed by atoms with van der Waals surface area (Å²) in [6.07, 6.45) is 1.33. The van der Waals surface area contributed by atoms with Crippen molar-refractivity contribution in [3.63, 3.8) is 0 Å². The lowest BCUT2D eigenvalue weighted by molar-refractivity contribution is -0.118. The van der Waals surface area contributed by atoms with Crippen molar-refractivity contribution in [3.05, 3.63) is 40.6 Å². The number of anilines is 1. The van der Waals surface area contributed by atoms with E-state index in [4.69, 9.17) is 14.5 Å². The molecule has 3 aromatic rings. The number of nitrogens with zero attached hydrogens (tertiary/aromatic N) is 3. The van der Waals surface area contributed by atoms with Gasteiger partial charge in [-0.3, -0.25) is 14.6 Å². The largest absolute Gasteiger partial charge is 0.494 e. The van der Waals surface area contributed by atoms with Gasteiger partial charge >= 0.3 is 0 Å². The van der Waals surface area contributed by atoms with Crippen LogP contribution >= 0.6 is 35.1 Å². The topological polar surface area (TPSA) is 54.9 Å². The van der Waals surface area contributed by atoms with Gasteiger partial charge in [-0.15, -0.1) is 23.7 Å². The lowest BCUT2D eigenvalue weighted by Gasteiger charge is -2.27. The summed E-state index contributed by atoms with van der Waals surface area (Å²) in [5.41, 5.74) is 0.903. The second-order valence-corrected chi connectivity index (χ2v) is 9.21. The molecule has 31 heavy (non-hydrogen) atoms. The Kier molecular flexibility index (Phi) is 9.10. The van der Waals surface area contributed by atoms with Crippen molar-refractivity contribution in [2.24, 2.45) is 0 Å². The predicted molar refractivity (Wildman–Crippen MR) is 130 cm³/mol. The van der Waals surface area contributed by atoms with Gasteiger partial charge in [0.25, 0.3) is 0 Å². The van der Waals surface area contributed by atoms with Gasteiger partial charge in [0.1, 0.15) is 5.75 Å². The van der Waals surface area contributed by atoms with Crippen LogP contribution in [-0.4, -0.2) is 61.8 Å². The van der Waals surface area contributed by atoms with Gasteiger partial charge in [-0.25, -0.2) is 4.98 Å². The number of thiazole rings is 1. The highest BCUT2D eigenvalue weighted by atomic mass is 35.5. The molecule has 1 aromatic carbocycles. The van der Waals surface area contributed by atoms with Crippen molar-refractivity contribution < 1.29 is 14.3 Å². The van der Waals surface area contributed by atoms with Crippen molar-refractivity contribution in [2.75, 3.05) is 50.9 Å². The molecular formula is C22H28ClN3O3S2. The van der Waals surface area contributed by atoms with Crippen LogP contribution in [-0.2, 0) is 16.0 Å². The van der Waals surface area contributed by atoms with Crippen LogP contribution < -0.4 is 9.64 Å². The first-order chi connectivity index (χ1) is 14.7. The standard InChI is InChI=1S/C22H27N3O3S2.ClH/c1-2-28-17-6-7-19-20(15-17)30-22(23-19)25(21(26)16-18-5-3-14-29-18)9-4-8-24-10-12-27-13-11-24;/h3,5-7,14-15H,2,4,8-13,16H2,1H3;1H. The van der Waals surface area contributed by atoms with Crippen LogP contribution in [0, 0.1) is 0 Å². The normalized spacial score (nSPS) is 14.4. The second-order valence-electron chi connectivity index (χ2n) is 7.17. The molecule has 0 spiro atoms. The Hall–Kier alpha value is -1.71. The molecule has 0 radical (unpaired) electrons. The third-order valence-electron chi connectivity index (χ3n) is 5.06. The number of amides is 1. The maximum atomic E-state index is 13.2. The fourth-order valence-electron chi connectivity index (χ4n) is 3.53. The summed E-state index contributed by atoms with van der Waals surface area (Å²) < 4.78 is 12.1. The molecule has 0 atom stereocenters. The average Bonchev–Trinajstić information content (AvgIpc) is 3.41. The Morgan fingerprint density at radius 1 is 1.29 bits per heavy atom. The monoisotopic (exact) mass is 481 g/mol. The van der Waals surface area contributed by atoms with Crippen LogP contribution in [0.3, 0.4) is 0 Å². The van der Waals surface area contributed by atoms with Crippen molar-refractivity contribution in [1.82, 2.24) is 9.88 Å².